The minimum atomic E-state index is -0.125. The maximum Gasteiger partial charge on any atom is 0.312 e. The summed E-state index contributed by atoms with van der Waals surface area (Å²) in [4.78, 5) is 14.1. The normalized spacial score (nSPS) is 42.5. The average molecular weight is 197 g/mol. The first-order chi connectivity index (χ1) is 6.61. The first-order valence-corrected chi connectivity index (χ1v) is 5.38. The molecule has 1 saturated heterocycles. The standard InChI is InChI=1S/C11H19NO2/c1-8-6-11(8,10(13)14-3)9-4-5-12(2)7-9/h8-9H,4-7H2,1-3H3. The molecule has 0 aromatic heterocycles. The van der Waals surface area contributed by atoms with Crippen LogP contribution < -0.4 is 0 Å². The van der Waals surface area contributed by atoms with Gasteiger partial charge in [0.05, 0.1) is 12.5 Å². The Morgan fingerprint density at radius 2 is 2.21 bits per heavy atom. The minimum absolute atomic E-state index is 0.0188. The average Bonchev–Trinajstić information content (AvgIpc) is 2.64. The van der Waals surface area contributed by atoms with E-state index < -0.39 is 0 Å². The van der Waals surface area contributed by atoms with Crippen molar-refractivity contribution in [3.63, 3.8) is 0 Å². The highest BCUT2D eigenvalue weighted by Crippen LogP contribution is 2.60. The van der Waals surface area contributed by atoms with E-state index in [4.69, 9.17) is 4.74 Å². The number of rotatable bonds is 2. The molecule has 0 aromatic rings. The summed E-state index contributed by atoms with van der Waals surface area (Å²) in [7, 11) is 3.63. The first kappa shape index (κ1) is 9.97. The lowest BCUT2D eigenvalue weighted by molar-refractivity contribution is -0.150. The molecule has 2 fully saturated rings. The molecule has 0 radical (unpaired) electrons. The Morgan fingerprint density at radius 1 is 1.57 bits per heavy atom. The quantitative estimate of drug-likeness (QED) is 0.622. The molecule has 3 atom stereocenters. The lowest BCUT2D eigenvalue weighted by Gasteiger charge is -2.21. The number of ether oxygens (including phenoxy) is 1. The van der Waals surface area contributed by atoms with Gasteiger partial charge in [-0.15, -0.1) is 0 Å². The monoisotopic (exact) mass is 197 g/mol. The van der Waals surface area contributed by atoms with E-state index in [2.05, 4.69) is 18.9 Å². The fourth-order valence-corrected chi connectivity index (χ4v) is 3.01. The minimum Gasteiger partial charge on any atom is -0.469 e. The van der Waals surface area contributed by atoms with Gasteiger partial charge in [0.2, 0.25) is 0 Å². The summed E-state index contributed by atoms with van der Waals surface area (Å²) in [5.41, 5.74) is -0.125. The molecule has 0 bridgehead atoms. The van der Waals surface area contributed by atoms with E-state index in [0.29, 0.717) is 11.8 Å². The third kappa shape index (κ3) is 1.26. The van der Waals surface area contributed by atoms with Crippen LogP contribution in [0.5, 0.6) is 0 Å². The third-order valence-corrected chi connectivity index (χ3v) is 4.05. The zero-order valence-electron chi connectivity index (χ0n) is 9.25. The fourth-order valence-electron chi connectivity index (χ4n) is 3.01. The van der Waals surface area contributed by atoms with Gasteiger partial charge in [0, 0.05) is 6.54 Å². The molecule has 1 heterocycles. The second-order valence-corrected chi connectivity index (χ2v) is 4.88. The zero-order chi connectivity index (χ0) is 10.3. The molecule has 3 heteroatoms. The number of methoxy groups -OCH3 is 1. The van der Waals surface area contributed by atoms with Crippen molar-refractivity contribution in [1.82, 2.24) is 4.90 Å². The molecule has 3 unspecified atom stereocenters. The number of carbonyl (C=O) groups excluding carboxylic acids is 1. The van der Waals surface area contributed by atoms with E-state index >= 15 is 0 Å². The molecule has 1 aliphatic carbocycles. The van der Waals surface area contributed by atoms with Crippen molar-refractivity contribution in [2.75, 3.05) is 27.2 Å². The van der Waals surface area contributed by atoms with Gasteiger partial charge in [-0.1, -0.05) is 6.92 Å². The summed E-state index contributed by atoms with van der Waals surface area (Å²) in [6.07, 6.45) is 2.17. The maximum atomic E-state index is 11.8. The van der Waals surface area contributed by atoms with E-state index in [1.54, 1.807) is 0 Å². The molecule has 0 N–H and O–H groups in total. The summed E-state index contributed by atoms with van der Waals surface area (Å²) in [6, 6.07) is 0. The van der Waals surface area contributed by atoms with Gasteiger partial charge in [-0.3, -0.25) is 4.79 Å². The van der Waals surface area contributed by atoms with Crippen molar-refractivity contribution < 1.29 is 9.53 Å². The SMILES string of the molecule is COC(=O)C1(C2CCN(C)C2)CC1C. The van der Waals surface area contributed by atoms with Crippen LogP contribution in [0.1, 0.15) is 19.8 Å². The van der Waals surface area contributed by atoms with Gasteiger partial charge in [-0.2, -0.15) is 0 Å². The fraction of sp³-hybridized carbons (Fsp3) is 0.909. The Kier molecular flexibility index (Phi) is 2.30. The Hall–Kier alpha value is -0.570. The molecule has 3 nitrogen and oxygen atoms in total. The van der Waals surface area contributed by atoms with E-state index in [0.717, 1.165) is 25.9 Å². The number of carbonyl (C=O) groups is 1. The van der Waals surface area contributed by atoms with Crippen LogP contribution in [0.25, 0.3) is 0 Å². The van der Waals surface area contributed by atoms with Gasteiger partial charge >= 0.3 is 5.97 Å². The van der Waals surface area contributed by atoms with Crippen molar-refractivity contribution in [3.8, 4) is 0 Å². The van der Waals surface area contributed by atoms with Gasteiger partial charge in [0.15, 0.2) is 0 Å². The summed E-state index contributed by atoms with van der Waals surface area (Å²) in [6.45, 7) is 4.34. The number of hydrogen-bond donors (Lipinski definition) is 0. The molecule has 0 aromatic carbocycles. The van der Waals surface area contributed by atoms with Gasteiger partial charge in [0.1, 0.15) is 0 Å². The van der Waals surface area contributed by atoms with Crippen molar-refractivity contribution in [1.29, 1.82) is 0 Å². The van der Waals surface area contributed by atoms with E-state index in [9.17, 15) is 4.79 Å². The lowest BCUT2D eigenvalue weighted by atomic mass is 9.86. The summed E-state index contributed by atoms with van der Waals surface area (Å²) in [5.74, 6) is 1.06. The highest BCUT2D eigenvalue weighted by molar-refractivity contribution is 5.81. The highest BCUT2D eigenvalue weighted by atomic mass is 16.5. The van der Waals surface area contributed by atoms with Crippen LogP contribution in [-0.2, 0) is 9.53 Å². The third-order valence-electron chi connectivity index (χ3n) is 4.05. The Labute approximate surface area is 85.4 Å². The summed E-state index contributed by atoms with van der Waals surface area (Å²) < 4.78 is 4.94. The number of esters is 1. The second kappa shape index (κ2) is 3.23. The van der Waals surface area contributed by atoms with Crippen molar-refractivity contribution >= 4 is 5.97 Å². The van der Waals surface area contributed by atoms with Crippen LogP contribution in [0.2, 0.25) is 0 Å². The molecule has 14 heavy (non-hydrogen) atoms. The Bertz CT molecular complexity index is 254. The van der Waals surface area contributed by atoms with Gasteiger partial charge in [0.25, 0.3) is 0 Å². The summed E-state index contributed by atoms with van der Waals surface area (Å²) in [5, 5.41) is 0. The van der Waals surface area contributed by atoms with Crippen LogP contribution in [0, 0.1) is 17.3 Å². The lowest BCUT2D eigenvalue weighted by Crippen LogP contribution is -2.30. The molecule has 0 spiro atoms. The smallest absolute Gasteiger partial charge is 0.312 e. The maximum absolute atomic E-state index is 11.8. The van der Waals surface area contributed by atoms with Crippen LogP contribution >= 0.6 is 0 Å². The van der Waals surface area contributed by atoms with Crippen LogP contribution in [-0.4, -0.2) is 38.1 Å². The molecule has 0 amide bonds. The molecular weight excluding hydrogens is 178 g/mol. The van der Waals surface area contributed by atoms with Gasteiger partial charge in [-0.05, 0) is 38.3 Å². The van der Waals surface area contributed by atoms with Crippen molar-refractivity contribution in [2.45, 2.75) is 19.8 Å². The topological polar surface area (TPSA) is 29.5 Å². The predicted molar refractivity (Wildman–Crippen MR) is 53.8 cm³/mol. The van der Waals surface area contributed by atoms with Crippen LogP contribution in [0.15, 0.2) is 0 Å². The number of nitrogens with zero attached hydrogens (tertiary/aromatic N) is 1. The van der Waals surface area contributed by atoms with Crippen molar-refractivity contribution in [2.24, 2.45) is 17.3 Å². The van der Waals surface area contributed by atoms with Crippen LogP contribution in [0.3, 0.4) is 0 Å². The predicted octanol–water partition coefficient (Wildman–Crippen LogP) is 1.14. The van der Waals surface area contributed by atoms with Gasteiger partial charge in [-0.25, -0.2) is 0 Å². The highest BCUT2D eigenvalue weighted by Gasteiger charge is 2.63. The number of likely N-dealkylation sites (tertiary alicyclic amines) is 1. The molecule has 80 valence electrons. The van der Waals surface area contributed by atoms with E-state index in [-0.39, 0.29) is 11.4 Å². The van der Waals surface area contributed by atoms with Crippen LogP contribution in [0.4, 0.5) is 0 Å². The van der Waals surface area contributed by atoms with Gasteiger partial charge < -0.3 is 9.64 Å². The molecule has 1 saturated carbocycles. The Morgan fingerprint density at radius 3 is 2.57 bits per heavy atom. The molecule has 2 rings (SSSR count). The molecule has 1 aliphatic heterocycles. The molecule has 2 aliphatic rings. The zero-order valence-corrected chi connectivity index (χ0v) is 9.25. The largest absolute Gasteiger partial charge is 0.469 e. The number of hydrogen-bond acceptors (Lipinski definition) is 3. The van der Waals surface area contributed by atoms with Crippen molar-refractivity contribution in [3.05, 3.63) is 0 Å². The Balaban J connectivity index is 2.10. The second-order valence-electron chi connectivity index (χ2n) is 4.88. The first-order valence-electron chi connectivity index (χ1n) is 5.38. The molecular formula is C11H19NO2. The van der Waals surface area contributed by atoms with E-state index in [1.807, 2.05) is 0 Å². The van der Waals surface area contributed by atoms with E-state index in [1.165, 1.54) is 7.11 Å². The summed E-state index contributed by atoms with van der Waals surface area (Å²) >= 11 is 0.